The minimum absolute atomic E-state index is 0.314. The maximum absolute atomic E-state index is 13.8. The third-order valence-corrected chi connectivity index (χ3v) is 6.93. The minimum atomic E-state index is -3.44. The van der Waals surface area contributed by atoms with E-state index in [0.717, 1.165) is 27.6 Å². The van der Waals surface area contributed by atoms with Crippen LogP contribution in [-0.4, -0.2) is 20.3 Å². The summed E-state index contributed by atoms with van der Waals surface area (Å²) in [6.45, 7) is 4.29. The second kappa shape index (κ2) is 8.71. The van der Waals surface area contributed by atoms with Crippen molar-refractivity contribution in [2.75, 3.05) is 20.3 Å². The number of ether oxygens (including phenoxy) is 1. The van der Waals surface area contributed by atoms with Gasteiger partial charge in [-0.25, -0.2) is 0 Å². The van der Waals surface area contributed by atoms with Crippen molar-refractivity contribution in [1.29, 1.82) is 0 Å². The molecule has 0 spiro atoms. The molecule has 5 heteroatoms. The Morgan fingerprint density at radius 1 is 0.852 bits per heavy atom. The van der Waals surface area contributed by atoms with Gasteiger partial charge in [-0.1, -0.05) is 54.6 Å². The Balaban J connectivity index is 2.24. The van der Waals surface area contributed by atoms with E-state index >= 15 is 0 Å². The molecule has 0 aliphatic heterocycles. The Kier molecular flexibility index (Phi) is 6.33. The highest BCUT2D eigenvalue weighted by molar-refractivity contribution is 7.54. The van der Waals surface area contributed by atoms with E-state index < -0.39 is 13.3 Å². The van der Waals surface area contributed by atoms with Gasteiger partial charge in [-0.05, 0) is 47.9 Å². The first kappa shape index (κ1) is 19.6. The van der Waals surface area contributed by atoms with Crippen LogP contribution < -0.4 is 4.74 Å². The molecule has 0 heterocycles. The highest BCUT2D eigenvalue weighted by Crippen LogP contribution is 2.64. The summed E-state index contributed by atoms with van der Waals surface area (Å²) in [5.74, 6) is 0.748. The van der Waals surface area contributed by atoms with E-state index in [2.05, 4.69) is 12.1 Å². The molecule has 3 aromatic carbocycles. The number of hydrogen-bond donors (Lipinski definition) is 0. The maximum atomic E-state index is 13.8. The third-order valence-electron chi connectivity index (χ3n) is 4.48. The topological polar surface area (TPSA) is 44.8 Å². The fraction of sp³-hybridized carbons (Fsp3) is 0.273. The first-order valence-electron chi connectivity index (χ1n) is 9.13. The zero-order valence-corrected chi connectivity index (χ0v) is 16.8. The highest BCUT2D eigenvalue weighted by atomic mass is 31.2. The van der Waals surface area contributed by atoms with Gasteiger partial charge in [-0.2, -0.15) is 0 Å². The molecule has 27 heavy (non-hydrogen) atoms. The van der Waals surface area contributed by atoms with Crippen molar-refractivity contribution < 1.29 is 18.3 Å². The Morgan fingerprint density at radius 3 is 2.11 bits per heavy atom. The molecule has 0 aliphatic carbocycles. The maximum Gasteiger partial charge on any atom is 0.342 e. The largest absolute Gasteiger partial charge is 0.497 e. The molecule has 0 amide bonds. The van der Waals surface area contributed by atoms with Crippen molar-refractivity contribution in [2.45, 2.75) is 19.5 Å². The predicted molar refractivity (Wildman–Crippen MR) is 110 cm³/mol. The fourth-order valence-electron chi connectivity index (χ4n) is 3.35. The van der Waals surface area contributed by atoms with Crippen LogP contribution in [0.25, 0.3) is 10.8 Å². The first-order valence-corrected chi connectivity index (χ1v) is 10.7. The lowest BCUT2D eigenvalue weighted by Gasteiger charge is -2.28. The molecule has 1 atom stereocenters. The summed E-state index contributed by atoms with van der Waals surface area (Å²) in [6.07, 6.45) is 0. The van der Waals surface area contributed by atoms with Gasteiger partial charge in [0, 0.05) is 0 Å². The zero-order chi connectivity index (χ0) is 19.3. The number of rotatable bonds is 8. The SMILES string of the molecule is CCOP(=O)(OCC)C(c1ccc(OC)cc1)c1cccc2ccccc12. The molecule has 4 nitrogen and oxygen atoms in total. The van der Waals surface area contributed by atoms with E-state index in [1.807, 2.05) is 68.4 Å². The molecule has 0 aliphatic rings. The molecule has 0 fully saturated rings. The predicted octanol–water partition coefficient (Wildman–Crippen LogP) is 6.20. The van der Waals surface area contributed by atoms with E-state index in [-0.39, 0.29) is 0 Å². The Bertz CT molecular complexity index is 921. The van der Waals surface area contributed by atoms with Gasteiger partial charge in [0.1, 0.15) is 11.4 Å². The third kappa shape index (κ3) is 4.08. The van der Waals surface area contributed by atoms with Gasteiger partial charge in [0.25, 0.3) is 0 Å². The van der Waals surface area contributed by atoms with Crippen molar-refractivity contribution >= 4 is 18.4 Å². The molecule has 0 saturated heterocycles. The van der Waals surface area contributed by atoms with Crippen LogP contribution in [0.4, 0.5) is 0 Å². The second-order valence-corrected chi connectivity index (χ2v) is 8.23. The lowest BCUT2D eigenvalue weighted by atomic mass is 9.98. The van der Waals surface area contributed by atoms with Crippen molar-refractivity contribution in [2.24, 2.45) is 0 Å². The van der Waals surface area contributed by atoms with Crippen LogP contribution in [0.15, 0.2) is 66.7 Å². The molecule has 0 saturated carbocycles. The average molecular weight is 384 g/mol. The number of methoxy groups -OCH3 is 1. The molecule has 142 valence electrons. The highest BCUT2D eigenvalue weighted by Gasteiger charge is 2.39. The molecule has 0 bridgehead atoms. The minimum Gasteiger partial charge on any atom is -0.497 e. The van der Waals surface area contributed by atoms with Gasteiger partial charge in [0.15, 0.2) is 0 Å². The van der Waals surface area contributed by atoms with Crippen molar-refractivity contribution in [3.8, 4) is 5.75 Å². The summed E-state index contributed by atoms with van der Waals surface area (Å²) in [6, 6.07) is 21.7. The Morgan fingerprint density at radius 2 is 1.48 bits per heavy atom. The molecule has 0 radical (unpaired) electrons. The molecular weight excluding hydrogens is 359 g/mol. The van der Waals surface area contributed by atoms with E-state index in [4.69, 9.17) is 13.8 Å². The van der Waals surface area contributed by atoms with Gasteiger partial charge < -0.3 is 13.8 Å². The van der Waals surface area contributed by atoms with E-state index in [1.165, 1.54) is 0 Å². The molecule has 0 N–H and O–H groups in total. The van der Waals surface area contributed by atoms with Crippen molar-refractivity contribution in [1.82, 2.24) is 0 Å². The molecule has 3 rings (SSSR count). The van der Waals surface area contributed by atoms with E-state index in [0.29, 0.717) is 13.2 Å². The summed E-state index contributed by atoms with van der Waals surface area (Å²) < 4.78 is 30.6. The fourth-order valence-corrected chi connectivity index (χ4v) is 5.55. The average Bonchev–Trinajstić information content (AvgIpc) is 2.69. The number of hydrogen-bond acceptors (Lipinski definition) is 4. The van der Waals surface area contributed by atoms with Gasteiger partial charge in [0.2, 0.25) is 0 Å². The van der Waals surface area contributed by atoms with Crippen LogP contribution in [0.5, 0.6) is 5.75 Å². The van der Waals surface area contributed by atoms with Gasteiger partial charge in [0.05, 0.1) is 20.3 Å². The zero-order valence-electron chi connectivity index (χ0n) is 15.9. The van der Waals surface area contributed by atoms with Crippen LogP contribution in [0.1, 0.15) is 30.6 Å². The first-order chi connectivity index (χ1) is 13.1. The molecule has 3 aromatic rings. The standard InChI is InChI=1S/C22H25O4P/c1-4-25-27(23,26-5-2)22(18-13-15-19(24-3)16-14-18)21-12-8-10-17-9-6-7-11-20(17)21/h6-16,22H,4-5H2,1-3H3. The van der Waals surface area contributed by atoms with Crippen LogP contribution >= 0.6 is 7.60 Å². The second-order valence-electron chi connectivity index (χ2n) is 6.12. The van der Waals surface area contributed by atoms with Crippen molar-refractivity contribution in [3.63, 3.8) is 0 Å². The molecule has 0 aromatic heterocycles. The summed E-state index contributed by atoms with van der Waals surface area (Å²) in [7, 11) is -1.81. The normalized spacial score (nSPS) is 12.9. The van der Waals surface area contributed by atoms with Crippen LogP contribution in [-0.2, 0) is 13.6 Å². The van der Waals surface area contributed by atoms with Gasteiger partial charge >= 0.3 is 7.60 Å². The summed E-state index contributed by atoms with van der Waals surface area (Å²) in [5, 5.41) is 2.13. The van der Waals surface area contributed by atoms with E-state index in [1.54, 1.807) is 7.11 Å². The van der Waals surface area contributed by atoms with Crippen LogP contribution in [0.3, 0.4) is 0 Å². The number of fused-ring (bicyclic) bond motifs is 1. The molecular formula is C22H25O4P. The lowest BCUT2D eigenvalue weighted by Crippen LogP contribution is -2.09. The summed E-state index contributed by atoms with van der Waals surface area (Å²) >= 11 is 0. The smallest absolute Gasteiger partial charge is 0.342 e. The summed E-state index contributed by atoms with van der Waals surface area (Å²) in [4.78, 5) is 0. The summed E-state index contributed by atoms with van der Waals surface area (Å²) in [5.41, 5.74) is 1.29. The molecule has 1 unspecified atom stereocenters. The number of benzene rings is 3. The van der Waals surface area contributed by atoms with Crippen LogP contribution in [0.2, 0.25) is 0 Å². The van der Waals surface area contributed by atoms with Gasteiger partial charge in [-0.3, -0.25) is 4.57 Å². The Labute approximate surface area is 160 Å². The Hall–Kier alpha value is -2.13. The van der Waals surface area contributed by atoms with Gasteiger partial charge in [-0.15, -0.1) is 0 Å². The van der Waals surface area contributed by atoms with E-state index in [9.17, 15) is 4.57 Å². The van der Waals surface area contributed by atoms with Crippen LogP contribution in [0, 0.1) is 0 Å². The lowest BCUT2D eigenvalue weighted by molar-refractivity contribution is 0.215. The van der Waals surface area contributed by atoms with Crippen molar-refractivity contribution in [3.05, 3.63) is 77.9 Å². The quantitative estimate of drug-likeness (QED) is 0.434. The monoisotopic (exact) mass is 384 g/mol.